The highest BCUT2D eigenvalue weighted by molar-refractivity contribution is 5.19. The molecule has 1 heteroatoms. The van der Waals surface area contributed by atoms with Gasteiger partial charge < -0.3 is 5.11 Å². The second kappa shape index (κ2) is 3.13. The van der Waals surface area contributed by atoms with E-state index in [1.54, 1.807) is 0 Å². The van der Waals surface area contributed by atoms with Gasteiger partial charge in [0.1, 0.15) is 0 Å². The first kappa shape index (κ1) is 9.26. The molecule has 1 spiro atoms. The van der Waals surface area contributed by atoms with Gasteiger partial charge in [0, 0.05) is 5.41 Å². The normalized spacial score (nSPS) is 45.3. The minimum atomic E-state index is -0.0753. The zero-order valence-electron chi connectivity index (χ0n) is 8.71. The van der Waals surface area contributed by atoms with Gasteiger partial charge in [-0.15, -0.1) is 0 Å². The fraction of sp³-hybridized carbons (Fsp3) is 0.833. The Balaban J connectivity index is 2.27. The Morgan fingerprint density at radius 2 is 2.23 bits per heavy atom. The maximum atomic E-state index is 10.1. The van der Waals surface area contributed by atoms with Crippen LogP contribution in [0.1, 0.15) is 46.0 Å². The van der Waals surface area contributed by atoms with E-state index in [4.69, 9.17) is 0 Å². The van der Waals surface area contributed by atoms with E-state index in [9.17, 15) is 5.11 Å². The fourth-order valence-corrected chi connectivity index (χ4v) is 3.15. The third-order valence-corrected chi connectivity index (χ3v) is 4.12. The van der Waals surface area contributed by atoms with Gasteiger partial charge in [0.25, 0.3) is 0 Å². The van der Waals surface area contributed by atoms with E-state index in [-0.39, 0.29) is 11.5 Å². The molecule has 3 atom stereocenters. The smallest absolute Gasteiger partial charge is 0.0633 e. The molecule has 1 fully saturated rings. The largest absolute Gasteiger partial charge is 0.392 e. The Morgan fingerprint density at radius 3 is 2.77 bits per heavy atom. The average Bonchev–Trinajstić information content (AvgIpc) is 2.46. The van der Waals surface area contributed by atoms with Gasteiger partial charge in [-0.3, -0.25) is 0 Å². The summed E-state index contributed by atoms with van der Waals surface area (Å²) in [6.07, 6.45) is 8.17. The lowest BCUT2D eigenvalue weighted by molar-refractivity contribution is -0.0147. The van der Waals surface area contributed by atoms with Crippen molar-refractivity contribution in [1.82, 2.24) is 0 Å². The van der Waals surface area contributed by atoms with Crippen LogP contribution < -0.4 is 0 Å². The van der Waals surface area contributed by atoms with E-state index in [0.717, 1.165) is 6.42 Å². The van der Waals surface area contributed by atoms with E-state index in [1.165, 1.54) is 31.3 Å². The molecular weight excluding hydrogens is 160 g/mol. The summed E-state index contributed by atoms with van der Waals surface area (Å²) in [6, 6.07) is 0. The molecule has 2 rings (SSSR count). The minimum Gasteiger partial charge on any atom is -0.392 e. The molecule has 0 bridgehead atoms. The van der Waals surface area contributed by atoms with Crippen LogP contribution in [0.3, 0.4) is 0 Å². The quantitative estimate of drug-likeness (QED) is 0.568. The van der Waals surface area contributed by atoms with Crippen LogP contribution in [0.5, 0.6) is 0 Å². The van der Waals surface area contributed by atoms with Crippen molar-refractivity contribution in [2.75, 3.05) is 0 Å². The summed E-state index contributed by atoms with van der Waals surface area (Å²) in [6.45, 7) is 4.50. The van der Waals surface area contributed by atoms with Gasteiger partial charge >= 0.3 is 0 Å². The van der Waals surface area contributed by atoms with Crippen molar-refractivity contribution in [2.45, 2.75) is 52.1 Å². The molecule has 1 saturated carbocycles. The molecule has 0 aliphatic heterocycles. The van der Waals surface area contributed by atoms with Crippen molar-refractivity contribution in [2.24, 2.45) is 11.3 Å². The molecule has 1 nitrogen and oxygen atoms in total. The first-order valence-corrected chi connectivity index (χ1v) is 5.51. The highest BCUT2D eigenvalue weighted by atomic mass is 16.3. The minimum absolute atomic E-state index is 0.0753. The Morgan fingerprint density at radius 1 is 1.46 bits per heavy atom. The van der Waals surface area contributed by atoms with Crippen LogP contribution in [0.2, 0.25) is 0 Å². The summed E-state index contributed by atoms with van der Waals surface area (Å²) in [5.74, 6) is 0.675. The van der Waals surface area contributed by atoms with E-state index in [1.807, 2.05) is 0 Å². The summed E-state index contributed by atoms with van der Waals surface area (Å²) in [7, 11) is 0. The Bertz CT molecular complexity index is 219. The molecule has 0 heterocycles. The summed E-state index contributed by atoms with van der Waals surface area (Å²) in [5.41, 5.74) is 1.63. The number of hydrogen-bond acceptors (Lipinski definition) is 1. The second-order valence-electron chi connectivity index (χ2n) is 4.95. The average molecular weight is 180 g/mol. The van der Waals surface area contributed by atoms with Gasteiger partial charge in [-0.2, -0.15) is 0 Å². The lowest BCUT2D eigenvalue weighted by atomic mass is 9.65. The van der Waals surface area contributed by atoms with Crippen LogP contribution in [0, 0.1) is 11.3 Å². The summed E-state index contributed by atoms with van der Waals surface area (Å²) in [4.78, 5) is 0. The van der Waals surface area contributed by atoms with Gasteiger partial charge in [0.2, 0.25) is 0 Å². The monoisotopic (exact) mass is 180 g/mol. The van der Waals surface area contributed by atoms with Crippen LogP contribution in [0.15, 0.2) is 11.6 Å². The van der Waals surface area contributed by atoms with Gasteiger partial charge in [0.15, 0.2) is 0 Å². The Kier molecular flexibility index (Phi) is 2.23. The van der Waals surface area contributed by atoms with Gasteiger partial charge in [-0.05, 0) is 38.5 Å². The molecule has 0 aromatic rings. The predicted molar refractivity (Wildman–Crippen MR) is 54.4 cm³/mol. The molecule has 0 unspecified atom stereocenters. The van der Waals surface area contributed by atoms with Crippen molar-refractivity contribution in [1.29, 1.82) is 0 Å². The molecule has 0 aromatic heterocycles. The molecule has 0 aromatic carbocycles. The SMILES string of the molecule is CC1=C[C@]2(CC1)[C@H](C)CCC[C@H]2O. The van der Waals surface area contributed by atoms with Crippen molar-refractivity contribution in [3.05, 3.63) is 11.6 Å². The van der Waals surface area contributed by atoms with Crippen LogP contribution in [0.25, 0.3) is 0 Å². The number of hydrogen-bond donors (Lipinski definition) is 1. The van der Waals surface area contributed by atoms with E-state index in [0.29, 0.717) is 5.92 Å². The molecular formula is C12H20O. The van der Waals surface area contributed by atoms with Crippen LogP contribution in [0.4, 0.5) is 0 Å². The number of aliphatic hydroxyl groups excluding tert-OH is 1. The fourth-order valence-electron chi connectivity index (χ4n) is 3.15. The van der Waals surface area contributed by atoms with Crippen molar-refractivity contribution in [3.8, 4) is 0 Å². The summed E-state index contributed by atoms with van der Waals surface area (Å²) < 4.78 is 0. The Hall–Kier alpha value is -0.300. The van der Waals surface area contributed by atoms with Crippen molar-refractivity contribution >= 4 is 0 Å². The van der Waals surface area contributed by atoms with E-state index < -0.39 is 0 Å². The van der Waals surface area contributed by atoms with Gasteiger partial charge in [-0.1, -0.05) is 25.0 Å². The highest BCUT2D eigenvalue weighted by Crippen LogP contribution is 2.50. The zero-order chi connectivity index (χ0) is 9.47. The lowest BCUT2D eigenvalue weighted by Gasteiger charge is -2.42. The first-order valence-electron chi connectivity index (χ1n) is 5.51. The molecule has 0 amide bonds. The Labute approximate surface area is 80.8 Å². The van der Waals surface area contributed by atoms with Crippen molar-refractivity contribution < 1.29 is 5.11 Å². The lowest BCUT2D eigenvalue weighted by Crippen LogP contribution is -2.41. The van der Waals surface area contributed by atoms with Crippen LogP contribution in [-0.2, 0) is 0 Å². The van der Waals surface area contributed by atoms with E-state index in [2.05, 4.69) is 19.9 Å². The third kappa shape index (κ3) is 1.34. The topological polar surface area (TPSA) is 20.2 Å². The summed E-state index contributed by atoms with van der Waals surface area (Å²) >= 11 is 0. The highest BCUT2D eigenvalue weighted by Gasteiger charge is 2.45. The number of rotatable bonds is 0. The van der Waals surface area contributed by atoms with Crippen molar-refractivity contribution in [3.63, 3.8) is 0 Å². The summed E-state index contributed by atoms with van der Waals surface area (Å²) in [5, 5.41) is 10.1. The predicted octanol–water partition coefficient (Wildman–Crippen LogP) is 2.89. The third-order valence-electron chi connectivity index (χ3n) is 4.12. The molecule has 74 valence electrons. The number of aliphatic hydroxyl groups is 1. The van der Waals surface area contributed by atoms with Crippen LogP contribution in [-0.4, -0.2) is 11.2 Å². The van der Waals surface area contributed by atoms with E-state index >= 15 is 0 Å². The maximum absolute atomic E-state index is 10.1. The maximum Gasteiger partial charge on any atom is 0.0633 e. The van der Waals surface area contributed by atoms with Crippen LogP contribution >= 0.6 is 0 Å². The molecule has 13 heavy (non-hydrogen) atoms. The number of allylic oxidation sites excluding steroid dienone is 1. The molecule has 0 radical (unpaired) electrons. The zero-order valence-corrected chi connectivity index (χ0v) is 8.71. The first-order chi connectivity index (χ1) is 6.15. The second-order valence-corrected chi connectivity index (χ2v) is 4.95. The molecule has 1 N–H and O–H groups in total. The molecule has 2 aliphatic carbocycles. The standard InChI is InChI=1S/C12H20O/c1-9-6-7-12(8-9)10(2)4-3-5-11(12)13/h8,10-11,13H,3-7H2,1-2H3/t10-,11-,12-/m1/s1. The molecule has 0 saturated heterocycles. The van der Waals surface area contributed by atoms with Gasteiger partial charge in [0.05, 0.1) is 6.10 Å². The molecule has 2 aliphatic rings. The van der Waals surface area contributed by atoms with Gasteiger partial charge in [-0.25, -0.2) is 0 Å².